The topological polar surface area (TPSA) is 34.4 Å². The number of aromatic nitrogens is 2. The summed E-state index contributed by atoms with van der Waals surface area (Å²) in [6, 6.07) is 2.75. The van der Waals surface area contributed by atoms with E-state index in [2.05, 4.69) is 4.98 Å². The molecule has 0 saturated heterocycles. The van der Waals surface area contributed by atoms with E-state index < -0.39 is 5.82 Å². The first kappa shape index (κ1) is 9.15. The van der Waals surface area contributed by atoms with Gasteiger partial charge in [-0.15, -0.1) is 0 Å². The molecule has 0 saturated carbocycles. The van der Waals surface area contributed by atoms with Crippen molar-refractivity contribution in [3.63, 3.8) is 0 Å². The van der Waals surface area contributed by atoms with Gasteiger partial charge in [-0.25, -0.2) is 9.37 Å². The SMILES string of the molecule is CC(=O)c1nc(Cl)c2ccc(F)cn12. The molecule has 0 aromatic carbocycles. The Hall–Kier alpha value is -1.42. The number of carbonyl (C=O) groups excluding carboxylic acids is 1. The summed E-state index contributed by atoms with van der Waals surface area (Å²) in [7, 11) is 0. The van der Waals surface area contributed by atoms with E-state index in [1.54, 1.807) is 0 Å². The number of nitrogens with zero attached hydrogens (tertiary/aromatic N) is 2. The number of ketones is 1. The van der Waals surface area contributed by atoms with E-state index in [1.807, 2.05) is 0 Å². The van der Waals surface area contributed by atoms with Crippen LogP contribution in [0, 0.1) is 5.82 Å². The Morgan fingerprint density at radius 2 is 2.29 bits per heavy atom. The summed E-state index contributed by atoms with van der Waals surface area (Å²) in [5.41, 5.74) is 0.526. The molecular formula is C9H6ClFN2O. The van der Waals surface area contributed by atoms with Crippen LogP contribution in [0.5, 0.6) is 0 Å². The van der Waals surface area contributed by atoms with Crippen molar-refractivity contribution in [3.8, 4) is 0 Å². The van der Waals surface area contributed by atoms with E-state index in [0.29, 0.717) is 5.52 Å². The smallest absolute Gasteiger partial charge is 0.195 e. The Labute approximate surface area is 84.1 Å². The van der Waals surface area contributed by atoms with Gasteiger partial charge < -0.3 is 0 Å². The molecule has 2 heterocycles. The molecule has 0 aliphatic heterocycles. The first-order chi connectivity index (χ1) is 6.59. The average molecular weight is 213 g/mol. The summed E-state index contributed by atoms with van der Waals surface area (Å²) in [5.74, 6) is -0.545. The molecule has 2 aromatic heterocycles. The number of pyridine rings is 1. The molecule has 0 unspecified atom stereocenters. The Morgan fingerprint density at radius 1 is 1.57 bits per heavy atom. The lowest BCUT2D eigenvalue weighted by molar-refractivity contribution is 0.100. The third kappa shape index (κ3) is 1.28. The highest BCUT2D eigenvalue weighted by Gasteiger charge is 2.12. The molecule has 2 rings (SSSR count). The van der Waals surface area contributed by atoms with E-state index in [1.165, 1.54) is 29.7 Å². The largest absolute Gasteiger partial charge is 0.293 e. The third-order valence-electron chi connectivity index (χ3n) is 1.87. The second kappa shape index (κ2) is 3.06. The molecule has 72 valence electrons. The van der Waals surface area contributed by atoms with Crippen LogP contribution in [0.2, 0.25) is 5.15 Å². The third-order valence-corrected chi connectivity index (χ3v) is 2.15. The lowest BCUT2D eigenvalue weighted by atomic mass is 10.4. The van der Waals surface area contributed by atoms with Gasteiger partial charge in [0.15, 0.2) is 16.8 Å². The molecule has 14 heavy (non-hydrogen) atoms. The molecule has 3 nitrogen and oxygen atoms in total. The fourth-order valence-electron chi connectivity index (χ4n) is 1.27. The van der Waals surface area contributed by atoms with Gasteiger partial charge in [-0.2, -0.15) is 0 Å². The zero-order chi connectivity index (χ0) is 10.3. The van der Waals surface area contributed by atoms with Crippen molar-refractivity contribution in [1.29, 1.82) is 0 Å². The van der Waals surface area contributed by atoms with Gasteiger partial charge in [0.2, 0.25) is 0 Å². The Balaban J connectivity index is 2.85. The predicted octanol–water partition coefficient (Wildman–Crippen LogP) is 2.33. The van der Waals surface area contributed by atoms with Crippen molar-refractivity contribution in [2.75, 3.05) is 0 Å². The van der Waals surface area contributed by atoms with Crippen molar-refractivity contribution < 1.29 is 9.18 Å². The first-order valence-corrected chi connectivity index (χ1v) is 4.31. The fraction of sp³-hybridized carbons (Fsp3) is 0.111. The molecule has 0 radical (unpaired) electrons. The van der Waals surface area contributed by atoms with Crippen molar-refractivity contribution in [1.82, 2.24) is 9.38 Å². The van der Waals surface area contributed by atoms with Gasteiger partial charge in [0.25, 0.3) is 0 Å². The molecule has 0 atom stereocenters. The van der Waals surface area contributed by atoms with Gasteiger partial charge in [-0.3, -0.25) is 9.20 Å². The van der Waals surface area contributed by atoms with Crippen molar-refractivity contribution in [3.05, 3.63) is 35.1 Å². The second-order valence-electron chi connectivity index (χ2n) is 2.88. The normalized spacial score (nSPS) is 10.8. The van der Waals surface area contributed by atoms with Crippen LogP contribution in [0.15, 0.2) is 18.3 Å². The van der Waals surface area contributed by atoms with Gasteiger partial charge in [0.1, 0.15) is 5.82 Å². The van der Waals surface area contributed by atoms with Gasteiger partial charge in [-0.05, 0) is 12.1 Å². The number of fused-ring (bicyclic) bond motifs is 1. The lowest BCUT2D eigenvalue weighted by Gasteiger charge is -1.96. The number of hydrogen-bond donors (Lipinski definition) is 0. The summed E-state index contributed by atoms with van der Waals surface area (Å²) in [4.78, 5) is 15.0. The summed E-state index contributed by atoms with van der Waals surface area (Å²) < 4.78 is 14.2. The molecule has 0 amide bonds. The quantitative estimate of drug-likeness (QED) is 0.680. The molecule has 0 aliphatic carbocycles. The maximum absolute atomic E-state index is 12.9. The van der Waals surface area contributed by atoms with Crippen LogP contribution in [0.1, 0.15) is 17.5 Å². The van der Waals surface area contributed by atoms with Crippen LogP contribution in [0.25, 0.3) is 5.52 Å². The number of hydrogen-bond acceptors (Lipinski definition) is 2. The van der Waals surface area contributed by atoms with Crippen LogP contribution in [-0.4, -0.2) is 15.2 Å². The molecule has 0 aliphatic rings. The van der Waals surface area contributed by atoms with Crippen LogP contribution in [0.3, 0.4) is 0 Å². The van der Waals surface area contributed by atoms with Crippen molar-refractivity contribution >= 4 is 22.9 Å². The second-order valence-corrected chi connectivity index (χ2v) is 3.24. The highest BCUT2D eigenvalue weighted by atomic mass is 35.5. The number of halogens is 2. The van der Waals surface area contributed by atoms with E-state index in [9.17, 15) is 9.18 Å². The number of carbonyl (C=O) groups is 1. The van der Waals surface area contributed by atoms with Gasteiger partial charge in [0.05, 0.1) is 5.52 Å². The Kier molecular flexibility index (Phi) is 2.00. The van der Waals surface area contributed by atoms with Gasteiger partial charge >= 0.3 is 0 Å². The molecule has 0 spiro atoms. The van der Waals surface area contributed by atoms with Crippen LogP contribution >= 0.6 is 11.6 Å². The highest BCUT2D eigenvalue weighted by Crippen LogP contribution is 2.18. The van der Waals surface area contributed by atoms with Crippen LogP contribution < -0.4 is 0 Å². The fourth-order valence-corrected chi connectivity index (χ4v) is 1.50. The zero-order valence-electron chi connectivity index (χ0n) is 7.29. The lowest BCUT2D eigenvalue weighted by Crippen LogP contribution is -2.00. The summed E-state index contributed by atoms with van der Waals surface area (Å²) in [6.07, 6.45) is 1.19. The van der Waals surface area contributed by atoms with E-state index in [0.717, 1.165) is 0 Å². The number of rotatable bonds is 1. The summed E-state index contributed by atoms with van der Waals surface area (Å²) >= 11 is 5.77. The molecule has 5 heteroatoms. The average Bonchev–Trinajstić information content (AvgIpc) is 2.43. The van der Waals surface area contributed by atoms with Crippen LogP contribution in [0.4, 0.5) is 4.39 Å². The summed E-state index contributed by atoms with van der Waals surface area (Å²) in [5, 5.41) is 0.204. The Morgan fingerprint density at radius 3 is 2.93 bits per heavy atom. The minimum absolute atomic E-state index is 0.143. The van der Waals surface area contributed by atoms with Gasteiger partial charge in [0, 0.05) is 13.1 Å². The number of imidazole rings is 1. The molecule has 0 bridgehead atoms. The molecular weight excluding hydrogens is 207 g/mol. The first-order valence-electron chi connectivity index (χ1n) is 3.93. The molecule has 0 N–H and O–H groups in total. The standard InChI is InChI=1S/C9H6ClFN2O/c1-5(14)9-12-8(10)7-3-2-6(11)4-13(7)9/h2-4H,1H3. The van der Waals surface area contributed by atoms with Crippen molar-refractivity contribution in [2.24, 2.45) is 0 Å². The van der Waals surface area contributed by atoms with Crippen LogP contribution in [-0.2, 0) is 0 Å². The minimum Gasteiger partial charge on any atom is -0.293 e. The maximum Gasteiger partial charge on any atom is 0.195 e. The highest BCUT2D eigenvalue weighted by molar-refractivity contribution is 6.33. The maximum atomic E-state index is 12.9. The zero-order valence-corrected chi connectivity index (χ0v) is 8.05. The summed E-state index contributed by atoms with van der Waals surface area (Å²) in [6.45, 7) is 1.36. The predicted molar refractivity (Wildman–Crippen MR) is 50.2 cm³/mol. The van der Waals surface area contributed by atoms with E-state index in [4.69, 9.17) is 11.6 Å². The van der Waals surface area contributed by atoms with E-state index >= 15 is 0 Å². The number of Topliss-reactive ketones (excluding diaryl/α,β-unsaturated/α-hetero) is 1. The van der Waals surface area contributed by atoms with Gasteiger partial charge in [-0.1, -0.05) is 11.6 Å². The Bertz CT molecular complexity index is 521. The van der Waals surface area contributed by atoms with E-state index in [-0.39, 0.29) is 16.8 Å². The minimum atomic E-state index is -0.436. The molecule has 2 aromatic rings. The monoisotopic (exact) mass is 212 g/mol. The van der Waals surface area contributed by atoms with Crippen molar-refractivity contribution in [2.45, 2.75) is 6.92 Å². The molecule has 0 fully saturated rings.